The van der Waals surface area contributed by atoms with E-state index in [1.807, 2.05) is 6.92 Å². The molecule has 1 aliphatic rings. The minimum Gasteiger partial charge on any atom is -0.497 e. The maximum absolute atomic E-state index is 12.1. The molecule has 0 aliphatic heterocycles. The molecule has 2 rings (SSSR count). The minimum absolute atomic E-state index is 0.123. The molecule has 0 spiro atoms. The molecular weight excluding hydrogens is 332 g/mol. The van der Waals surface area contributed by atoms with E-state index in [0.29, 0.717) is 24.7 Å². The molecule has 1 amide bonds. The Morgan fingerprint density at radius 3 is 2.50 bits per heavy atom. The number of ether oxygens (including phenoxy) is 1. The Labute approximate surface area is 155 Å². The number of carbonyl (C=O) groups is 1. The fourth-order valence-corrected chi connectivity index (χ4v) is 2.92. The zero-order valence-corrected chi connectivity index (χ0v) is 15.6. The molecule has 1 aromatic rings. The third-order valence-electron chi connectivity index (χ3n) is 4.40. The van der Waals surface area contributed by atoms with E-state index in [9.17, 15) is 9.90 Å². The van der Waals surface area contributed by atoms with Crippen molar-refractivity contribution in [2.75, 3.05) is 26.7 Å². The molecular formula is C19H30N4O3. The molecule has 7 heteroatoms. The number of guanidine groups is 1. The number of aliphatic hydroxyl groups excluding tert-OH is 1. The molecule has 0 aromatic heterocycles. The summed E-state index contributed by atoms with van der Waals surface area (Å²) < 4.78 is 5.09. The van der Waals surface area contributed by atoms with Crippen molar-refractivity contribution >= 4 is 11.9 Å². The van der Waals surface area contributed by atoms with Crippen LogP contribution in [0.4, 0.5) is 0 Å². The summed E-state index contributed by atoms with van der Waals surface area (Å²) in [6.45, 7) is 3.75. The van der Waals surface area contributed by atoms with Crippen molar-refractivity contribution in [1.82, 2.24) is 16.0 Å². The van der Waals surface area contributed by atoms with Crippen LogP contribution in [0, 0.1) is 0 Å². The van der Waals surface area contributed by atoms with Crippen LogP contribution in [0.3, 0.4) is 0 Å². The average Bonchev–Trinajstić information content (AvgIpc) is 2.67. The lowest BCUT2D eigenvalue weighted by atomic mass is 9.93. The third-order valence-corrected chi connectivity index (χ3v) is 4.40. The van der Waals surface area contributed by atoms with Crippen LogP contribution in [0.2, 0.25) is 0 Å². The van der Waals surface area contributed by atoms with Gasteiger partial charge < -0.3 is 25.8 Å². The molecule has 1 fully saturated rings. The number of hydrogen-bond acceptors (Lipinski definition) is 4. The number of benzene rings is 1. The predicted molar refractivity (Wildman–Crippen MR) is 103 cm³/mol. The molecule has 1 aliphatic carbocycles. The van der Waals surface area contributed by atoms with E-state index in [0.717, 1.165) is 43.9 Å². The molecule has 4 N–H and O–H groups in total. The first-order valence-corrected chi connectivity index (χ1v) is 9.27. The van der Waals surface area contributed by atoms with Gasteiger partial charge in [0.25, 0.3) is 5.91 Å². The fourth-order valence-electron chi connectivity index (χ4n) is 2.92. The Kier molecular flexibility index (Phi) is 8.21. The number of aliphatic imine (C=N–C) groups is 1. The van der Waals surface area contributed by atoms with Gasteiger partial charge in [-0.3, -0.25) is 9.79 Å². The van der Waals surface area contributed by atoms with Crippen LogP contribution >= 0.6 is 0 Å². The van der Waals surface area contributed by atoms with E-state index in [-0.39, 0.29) is 12.0 Å². The van der Waals surface area contributed by atoms with Crippen molar-refractivity contribution in [2.24, 2.45) is 4.99 Å². The smallest absolute Gasteiger partial charge is 0.251 e. The lowest BCUT2D eigenvalue weighted by Crippen LogP contribution is -2.45. The SMILES string of the molecule is CCNC(=NCCNC(=O)c1ccc(OC)cc1)NC1CCC(O)CC1. The van der Waals surface area contributed by atoms with Gasteiger partial charge >= 0.3 is 0 Å². The van der Waals surface area contributed by atoms with Crippen LogP contribution < -0.4 is 20.7 Å². The van der Waals surface area contributed by atoms with Crippen LogP contribution in [-0.2, 0) is 0 Å². The largest absolute Gasteiger partial charge is 0.497 e. The summed E-state index contributed by atoms with van der Waals surface area (Å²) in [5.74, 6) is 1.36. The molecule has 1 aromatic carbocycles. The van der Waals surface area contributed by atoms with E-state index in [4.69, 9.17) is 4.74 Å². The Bertz CT molecular complexity index is 581. The van der Waals surface area contributed by atoms with E-state index in [1.54, 1.807) is 31.4 Å². The van der Waals surface area contributed by atoms with Gasteiger partial charge in [0.15, 0.2) is 5.96 Å². The van der Waals surface area contributed by atoms with Gasteiger partial charge in [-0.15, -0.1) is 0 Å². The van der Waals surface area contributed by atoms with Gasteiger partial charge in [0.1, 0.15) is 5.75 Å². The highest BCUT2D eigenvalue weighted by molar-refractivity contribution is 5.94. The summed E-state index contributed by atoms with van der Waals surface area (Å²) in [7, 11) is 1.60. The normalized spacial score (nSPS) is 20.3. The number of nitrogens with zero attached hydrogens (tertiary/aromatic N) is 1. The highest BCUT2D eigenvalue weighted by Gasteiger charge is 2.19. The molecule has 7 nitrogen and oxygen atoms in total. The second-order valence-electron chi connectivity index (χ2n) is 6.39. The van der Waals surface area contributed by atoms with Crippen molar-refractivity contribution in [1.29, 1.82) is 0 Å². The first-order chi connectivity index (χ1) is 12.6. The maximum atomic E-state index is 12.1. The van der Waals surface area contributed by atoms with Crippen LogP contribution in [-0.4, -0.2) is 55.9 Å². The summed E-state index contributed by atoms with van der Waals surface area (Å²) in [4.78, 5) is 16.6. The van der Waals surface area contributed by atoms with Gasteiger partial charge in [-0.1, -0.05) is 0 Å². The summed E-state index contributed by atoms with van der Waals surface area (Å²) in [6.07, 6.45) is 3.38. The Balaban J connectivity index is 1.76. The van der Waals surface area contributed by atoms with Crippen LogP contribution in [0.5, 0.6) is 5.75 Å². The Hall–Kier alpha value is -2.28. The summed E-state index contributed by atoms with van der Waals surface area (Å²) in [6, 6.07) is 7.34. The number of hydrogen-bond donors (Lipinski definition) is 4. The van der Waals surface area contributed by atoms with Crippen molar-refractivity contribution in [3.05, 3.63) is 29.8 Å². The standard InChI is InChI=1S/C19H30N4O3/c1-3-20-19(23-15-6-8-16(24)9-7-15)22-13-12-21-18(25)14-4-10-17(26-2)11-5-14/h4-5,10-11,15-16,24H,3,6-9,12-13H2,1-2H3,(H,21,25)(H2,20,22,23). The molecule has 0 atom stereocenters. The number of methoxy groups -OCH3 is 1. The van der Waals surface area contributed by atoms with E-state index in [2.05, 4.69) is 20.9 Å². The molecule has 0 bridgehead atoms. The lowest BCUT2D eigenvalue weighted by molar-refractivity contribution is 0.0954. The molecule has 26 heavy (non-hydrogen) atoms. The first-order valence-electron chi connectivity index (χ1n) is 9.27. The van der Waals surface area contributed by atoms with Crippen molar-refractivity contribution in [3.8, 4) is 5.75 Å². The maximum Gasteiger partial charge on any atom is 0.251 e. The molecule has 0 heterocycles. The molecule has 1 saturated carbocycles. The van der Waals surface area contributed by atoms with E-state index < -0.39 is 0 Å². The van der Waals surface area contributed by atoms with E-state index in [1.165, 1.54) is 0 Å². The monoisotopic (exact) mass is 362 g/mol. The third kappa shape index (κ3) is 6.55. The average molecular weight is 362 g/mol. The van der Waals surface area contributed by atoms with Gasteiger partial charge in [0.2, 0.25) is 0 Å². The van der Waals surface area contributed by atoms with Gasteiger partial charge in [0.05, 0.1) is 19.8 Å². The topological polar surface area (TPSA) is 95.0 Å². The van der Waals surface area contributed by atoms with Crippen LogP contribution in [0.25, 0.3) is 0 Å². The highest BCUT2D eigenvalue weighted by atomic mass is 16.5. The molecule has 144 valence electrons. The Morgan fingerprint density at radius 2 is 1.88 bits per heavy atom. The number of nitrogens with one attached hydrogen (secondary N) is 3. The van der Waals surface area contributed by atoms with Crippen LogP contribution in [0.15, 0.2) is 29.3 Å². The van der Waals surface area contributed by atoms with Crippen molar-refractivity contribution in [2.45, 2.75) is 44.8 Å². The fraction of sp³-hybridized carbons (Fsp3) is 0.579. The summed E-state index contributed by atoms with van der Waals surface area (Å²) >= 11 is 0. The zero-order chi connectivity index (χ0) is 18.8. The second-order valence-corrected chi connectivity index (χ2v) is 6.39. The molecule has 0 unspecified atom stereocenters. The van der Waals surface area contributed by atoms with Gasteiger partial charge in [-0.05, 0) is 56.9 Å². The van der Waals surface area contributed by atoms with E-state index >= 15 is 0 Å². The number of amides is 1. The highest BCUT2D eigenvalue weighted by Crippen LogP contribution is 2.18. The van der Waals surface area contributed by atoms with Gasteiger partial charge in [-0.25, -0.2) is 0 Å². The predicted octanol–water partition coefficient (Wildman–Crippen LogP) is 1.28. The Morgan fingerprint density at radius 1 is 1.19 bits per heavy atom. The molecule has 0 saturated heterocycles. The van der Waals surface area contributed by atoms with Gasteiger partial charge in [-0.2, -0.15) is 0 Å². The number of aliphatic hydroxyl groups is 1. The molecule has 0 radical (unpaired) electrons. The van der Waals surface area contributed by atoms with Crippen molar-refractivity contribution in [3.63, 3.8) is 0 Å². The lowest BCUT2D eigenvalue weighted by Gasteiger charge is -2.27. The number of rotatable bonds is 7. The van der Waals surface area contributed by atoms with Gasteiger partial charge in [0, 0.05) is 24.7 Å². The zero-order valence-electron chi connectivity index (χ0n) is 15.6. The summed E-state index contributed by atoms with van der Waals surface area (Å²) in [5, 5.41) is 19.1. The van der Waals surface area contributed by atoms with Crippen LogP contribution in [0.1, 0.15) is 43.0 Å². The minimum atomic E-state index is -0.166. The quantitative estimate of drug-likeness (QED) is 0.333. The summed E-state index contributed by atoms with van der Waals surface area (Å²) in [5.41, 5.74) is 0.598. The second kappa shape index (κ2) is 10.7. The van der Waals surface area contributed by atoms with Crippen molar-refractivity contribution < 1.29 is 14.6 Å². The number of carbonyl (C=O) groups excluding carboxylic acids is 1. The first kappa shape index (κ1) is 20.0.